The van der Waals surface area contributed by atoms with Crippen LogP contribution in [0, 0.1) is 6.92 Å². The molecule has 0 aliphatic heterocycles. The van der Waals surface area contributed by atoms with Crippen LogP contribution in [0.15, 0.2) is 24.3 Å². The van der Waals surface area contributed by atoms with Crippen molar-refractivity contribution in [2.24, 2.45) is 0 Å². The topological polar surface area (TPSA) is 58.6 Å². The normalized spacial score (nSPS) is 11.8. The summed E-state index contributed by atoms with van der Waals surface area (Å²) in [4.78, 5) is 25.0. The van der Waals surface area contributed by atoms with Gasteiger partial charge in [0.15, 0.2) is 0 Å². The second-order valence-electron chi connectivity index (χ2n) is 5.09. The number of carbonyl (C=O) groups excluding carboxylic acids is 2. The van der Waals surface area contributed by atoms with Crippen LogP contribution in [0.25, 0.3) is 0 Å². The summed E-state index contributed by atoms with van der Waals surface area (Å²) >= 11 is 0. The van der Waals surface area contributed by atoms with Gasteiger partial charge in [0.2, 0.25) is 5.91 Å². The summed E-state index contributed by atoms with van der Waals surface area (Å²) in [7, 11) is 3.41. The van der Waals surface area contributed by atoms with E-state index in [2.05, 4.69) is 5.32 Å². The number of nitrogens with one attached hydrogen (secondary N) is 1. The first-order valence-corrected chi connectivity index (χ1v) is 7.10. The first kappa shape index (κ1) is 17.2. The van der Waals surface area contributed by atoms with Crippen LogP contribution in [0.5, 0.6) is 0 Å². The third kappa shape index (κ3) is 5.55. The van der Waals surface area contributed by atoms with Crippen molar-refractivity contribution in [3.63, 3.8) is 0 Å². The summed E-state index contributed by atoms with van der Waals surface area (Å²) < 4.78 is 5.01. The summed E-state index contributed by atoms with van der Waals surface area (Å²) in [5.74, 6) is -0.298. The highest BCUT2D eigenvalue weighted by atomic mass is 16.5. The van der Waals surface area contributed by atoms with Crippen LogP contribution in [-0.2, 0) is 14.3 Å². The van der Waals surface area contributed by atoms with Crippen molar-refractivity contribution in [3.8, 4) is 0 Å². The van der Waals surface area contributed by atoms with E-state index in [0.717, 1.165) is 11.1 Å². The Labute approximate surface area is 126 Å². The maximum atomic E-state index is 11.8. The molecule has 5 nitrogen and oxygen atoms in total. The van der Waals surface area contributed by atoms with E-state index in [-0.39, 0.29) is 30.9 Å². The third-order valence-electron chi connectivity index (χ3n) is 3.24. The highest BCUT2D eigenvalue weighted by Gasteiger charge is 2.19. The molecule has 1 N–H and O–H groups in total. The smallest absolute Gasteiger partial charge is 0.307 e. The average molecular weight is 292 g/mol. The number of benzene rings is 1. The van der Waals surface area contributed by atoms with Crippen molar-refractivity contribution in [2.75, 3.05) is 27.2 Å². The van der Waals surface area contributed by atoms with Crippen LogP contribution in [0.4, 0.5) is 0 Å². The van der Waals surface area contributed by atoms with Crippen LogP contribution >= 0.6 is 0 Å². The second kappa shape index (κ2) is 8.42. The minimum atomic E-state index is -0.268. The number of hydrogen-bond donors (Lipinski definition) is 1. The molecule has 116 valence electrons. The van der Waals surface area contributed by atoms with E-state index >= 15 is 0 Å². The molecule has 0 bridgehead atoms. The first-order chi connectivity index (χ1) is 9.95. The van der Waals surface area contributed by atoms with Crippen molar-refractivity contribution >= 4 is 11.9 Å². The SMILES string of the molecule is CCOC(=O)C[C@@H](NCC(=O)N(C)C)c1ccccc1C. The molecular formula is C16H24N2O3. The molecule has 1 aromatic carbocycles. The molecular weight excluding hydrogens is 268 g/mol. The van der Waals surface area contributed by atoms with Gasteiger partial charge < -0.3 is 15.0 Å². The highest BCUT2D eigenvalue weighted by molar-refractivity contribution is 5.78. The first-order valence-electron chi connectivity index (χ1n) is 7.10. The predicted molar refractivity (Wildman–Crippen MR) is 81.9 cm³/mol. The zero-order valence-corrected chi connectivity index (χ0v) is 13.2. The van der Waals surface area contributed by atoms with Gasteiger partial charge in [-0.05, 0) is 25.0 Å². The van der Waals surface area contributed by atoms with E-state index in [9.17, 15) is 9.59 Å². The Balaban J connectivity index is 2.82. The lowest BCUT2D eigenvalue weighted by Crippen LogP contribution is -2.36. The molecule has 5 heteroatoms. The maximum absolute atomic E-state index is 11.8. The molecule has 0 fully saturated rings. The maximum Gasteiger partial charge on any atom is 0.307 e. The van der Waals surface area contributed by atoms with Crippen LogP contribution in [-0.4, -0.2) is 44.0 Å². The molecule has 0 unspecified atom stereocenters. The van der Waals surface area contributed by atoms with Gasteiger partial charge in [-0.15, -0.1) is 0 Å². The van der Waals surface area contributed by atoms with Gasteiger partial charge in [0.1, 0.15) is 0 Å². The Morgan fingerprint density at radius 1 is 1.29 bits per heavy atom. The van der Waals surface area contributed by atoms with Crippen LogP contribution in [0.2, 0.25) is 0 Å². The summed E-state index contributed by atoms with van der Waals surface area (Å²) in [5.41, 5.74) is 2.09. The zero-order valence-electron chi connectivity index (χ0n) is 13.2. The monoisotopic (exact) mass is 292 g/mol. The van der Waals surface area contributed by atoms with Crippen LogP contribution in [0.3, 0.4) is 0 Å². The lowest BCUT2D eigenvalue weighted by atomic mass is 9.99. The molecule has 0 spiro atoms. The molecule has 1 rings (SSSR count). The quantitative estimate of drug-likeness (QED) is 0.777. The Morgan fingerprint density at radius 2 is 1.95 bits per heavy atom. The van der Waals surface area contributed by atoms with E-state index in [1.165, 1.54) is 4.90 Å². The van der Waals surface area contributed by atoms with Gasteiger partial charge in [-0.2, -0.15) is 0 Å². The zero-order chi connectivity index (χ0) is 15.8. The molecule has 0 saturated heterocycles. The second-order valence-corrected chi connectivity index (χ2v) is 5.09. The van der Waals surface area contributed by atoms with Crippen LogP contribution in [0.1, 0.15) is 30.5 Å². The number of hydrogen-bond acceptors (Lipinski definition) is 4. The molecule has 0 aliphatic carbocycles. The Kier molecular flexibility index (Phi) is 6.88. The number of likely N-dealkylation sites (N-methyl/N-ethyl adjacent to an activating group) is 1. The number of nitrogens with zero attached hydrogens (tertiary/aromatic N) is 1. The van der Waals surface area contributed by atoms with Gasteiger partial charge in [-0.1, -0.05) is 24.3 Å². The summed E-state index contributed by atoms with van der Waals surface area (Å²) in [6.07, 6.45) is 0.208. The Morgan fingerprint density at radius 3 is 2.52 bits per heavy atom. The molecule has 1 amide bonds. The fourth-order valence-electron chi connectivity index (χ4n) is 2.03. The molecule has 0 heterocycles. The molecule has 0 aliphatic rings. The standard InChI is InChI=1S/C16H24N2O3/c1-5-21-16(20)10-14(17-11-15(19)18(3)4)13-9-7-6-8-12(13)2/h6-9,14,17H,5,10-11H2,1-4H3/t14-/m1/s1. The molecule has 21 heavy (non-hydrogen) atoms. The van der Waals surface area contributed by atoms with Crippen molar-refractivity contribution in [3.05, 3.63) is 35.4 Å². The molecule has 0 saturated carbocycles. The van der Waals surface area contributed by atoms with Crippen molar-refractivity contribution in [2.45, 2.75) is 26.3 Å². The number of rotatable bonds is 7. The molecule has 1 aromatic rings. The van der Waals surface area contributed by atoms with Crippen molar-refractivity contribution in [1.29, 1.82) is 0 Å². The number of carbonyl (C=O) groups is 2. The minimum Gasteiger partial charge on any atom is -0.466 e. The molecule has 0 aromatic heterocycles. The summed E-state index contributed by atoms with van der Waals surface area (Å²) in [6, 6.07) is 7.60. The summed E-state index contributed by atoms with van der Waals surface area (Å²) in [6.45, 7) is 4.31. The van der Waals surface area contributed by atoms with Gasteiger partial charge in [0, 0.05) is 20.1 Å². The van der Waals surface area contributed by atoms with E-state index in [1.807, 2.05) is 31.2 Å². The number of aryl methyl sites for hydroxylation is 1. The van der Waals surface area contributed by atoms with E-state index in [0.29, 0.717) is 6.61 Å². The highest BCUT2D eigenvalue weighted by Crippen LogP contribution is 2.21. The lowest BCUT2D eigenvalue weighted by Gasteiger charge is -2.21. The van der Waals surface area contributed by atoms with Crippen LogP contribution < -0.4 is 5.32 Å². The number of ether oxygens (including phenoxy) is 1. The van der Waals surface area contributed by atoms with Gasteiger partial charge in [-0.3, -0.25) is 9.59 Å². The predicted octanol–water partition coefficient (Wildman–Crippen LogP) is 1.67. The average Bonchev–Trinajstić information content (AvgIpc) is 2.44. The van der Waals surface area contributed by atoms with Gasteiger partial charge >= 0.3 is 5.97 Å². The molecule has 0 radical (unpaired) electrons. The Hall–Kier alpha value is -1.88. The van der Waals surface area contributed by atoms with Gasteiger partial charge in [0.05, 0.1) is 19.6 Å². The largest absolute Gasteiger partial charge is 0.466 e. The van der Waals surface area contributed by atoms with Crippen molar-refractivity contribution < 1.29 is 14.3 Å². The lowest BCUT2D eigenvalue weighted by molar-refractivity contribution is -0.144. The van der Waals surface area contributed by atoms with E-state index in [4.69, 9.17) is 4.74 Å². The number of amides is 1. The van der Waals surface area contributed by atoms with E-state index < -0.39 is 0 Å². The van der Waals surface area contributed by atoms with Gasteiger partial charge in [0.25, 0.3) is 0 Å². The number of esters is 1. The fourth-order valence-corrected chi connectivity index (χ4v) is 2.03. The summed E-state index contributed by atoms with van der Waals surface area (Å²) in [5, 5.41) is 3.16. The van der Waals surface area contributed by atoms with Gasteiger partial charge in [-0.25, -0.2) is 0 Å². The van der Waals surface area contributed by atoms with E-state index in [1.54, 1.807) is 21.0 Å². The minimum absolute atomic E-state index is 0.0301. The third-order valence-corrected chi connectivity index (χ3v) is 3.24. The molecule has 1 atom stereocenters. The fraction of sp³-hybridized carbons (Fsp3) is 0.500. The Bertz CT molecular complexity index is 486. The van der Waals surface area contributed by atoms with Crippen molar-refractivity contribution in [1.82, 2.24) is 10.2 Å².